The number of hydrogen-bond donors (Lipinski definition) is 2. The van der Waals surface area contributed by atoms with Gasteiger partial charge in [0.1, 0.15) is 29.7 Å². The molecule has 32 heavy (non-hydrogen) atoms. The number of aromatic hydroxyl groups is 1. The third-order valence-corrected chi connectivity index (χ3v) is 5.13. The number of hydrogen-bond acceptors (Lipinski definition) is 5. The Labute approximate surface area is 181 Å². The Hall–Kier alpha value is -3.50. The van der Waals surface area contributed by atoms with Gasteiger partial charge in [0.05, 0.1) is 0 Å². The average Bonchev–Trinajstić information content (AvgIpc) is 2.70. The van der Waals surface area contributed by atoms with Gasteiger partial charge in [-0.1, -0.05) is 6.92 Å². The maximum atomic E-state index is 13.8. The van der Waals surface area contributed by atoms with E-state index in [1.165, 1.54) is 9.58 Å². The van der Waals surface area contributed by atoms with Crippen LogP contribution in [0.2, 0.25) is 0 Å². The van der Waals surface area contributed by atoms with E-state index >= 15 is 0 Å². The van der Waals surface area contributed by atoms with Crippen LogP contribution in [0, 0.1) is 17.5 Å². The van der Waals surface area contributed by atoms with Crippen molar-refractivity contribution in [3.05, 3.63) is 62.8 Å². The molecule has 172 valence electrons. The number of carbonyl (C=O) groups is 2. The number of fused-ring (bicyclic) bond motifs is 1. The second kappa shape index (κ2) is 8.93. The highest BCUT2D eigenvalue weighted by Crippen LogP contribution is 2.23. The van der Waals surface area contributed by atoms with Crippen LogP contribution in [-0.2, 0) is 6.54 Å². The maximum absolute atomic E-state index is 13.8. The van der Waals surface area contributed by atoms with E-state index in [4.69, 9.17) is 0 Å². The maximum Gasteiger partial charge on any atom is 0.278 e. The highest BCUT2D eigenvalue weighted by atomic mass is 19.1. The lowest BCUT2D eigenvalue weighted by Gasteiger charge is -2.41. The molecule has 3 rings (SSSR count). The van der Waals surface area contributed by atoms with Gasteiger partial charge in [-0.15, -0.1) is 0 Å². The minimum Gasteiger partial charge on any atom is -0.502 e. The summed E-state index contributed by atoms with van der Waals surface area (Å²) in [5, 5.41) is 14.4. The molecule has 0 unspecified atom stereocenters. The molecule has 8 nitrogen and oxygen atoms in total. The number of carbonyl (C=O) groups excluding carboxylic acids is 2. The van der Waals surface area contributed by atoms with E-state index in [9.17, 15) is 32.7 Å². The van der Waals surface area contributed by atoms with Crippen molar-refractivity contribution in [3.8, 4) is 5.75 Å². The molecule has 1 aliphatic rings. The predicted octanol–water partition coefficient (Wildman–Crippen LogP) is 2.07. The minimum absolute atomic E-state index is 0.173. The zero-order valence-corrected chi connectivity index (χ0v) is 17.8. The molecular weight excluding hydrogens is 429 g/mol. The van der Waals surface area contributed by atoms with Gasteiger partial charge in [-0.05, 0) is 20.3 Å². The van der Waals surface area contributed by atoms with E-state index in [1.807, 2.05) is 6.92 Å². The summed E-state index contributed by atoms with van der Waals surface area (Å²) in [7, 11) is 0. The molecule has 1 aromatic carbocycles. The molecule has 1 aliphatic heterocycles. The molecule has 11 heteroatoms. The van der Waals surface area contributed by atoms with Crippen molar-refractivity contribution in [3.63, 3.8) is 0 Å². The van der Waals surface area contributed by atoms with Crippen molar-refractivity contribution < 1.29 is 27.9 Å². The van der Waals surface area contributed by atoms with E-state index < -0.39 is 58.1 Å². The van der Waals surface area contributed by atoms with Crippen LogP contribution in [0.25, 0.3) is 0 Å². The summed E-state index contributed by atoms with van der Waals surface area (Å²) in [6, 6.07) is 0.742. The molecule has 2 aromatic rings. The minimum atomic E-state index is -1.19. The lowest BCUT2D eigenvalue weighted by molar-refractivity contribution is 0.0628. The van der Waals surface area contributed by atoms with Crippen LogP contribution in [0.5, 0.6) is 5.75 Å². The SMILES string of the molecule is CCCN1CN(C(C)C)C(=O)c2c(O)c(=O)c(C(=O)NCc3c(F)cc(F)cc3F)cn21. The monoisotopic (exact) mass is 452 g/mol. The van der Waals surface area contributed by atoms with Crippen LogP contribution in [0.15, 0.2) is 23.1 Å². The van der Waals surface area contributed by atoms with Crippen LogP contribution in [0.1, 0.15) is 53.6 Å². The summed E-state index contributed by atoms with van der Waals surface area (Å²) in [6.07, 6.45) is 1.80. The second-order valence-corrected chi connectivity index (χ2v) is 7.68. The molecule has 0 saturated heterocycles. The Bertz CT molecular complexity index is 1110. The van der Waals surface area contributed by atoms with Crippen molar-refractivity contribution >= 4 is 11.8 Å². The Balaban J connectivity index is 1.98. The predicted molar refractivity (Wildman–Crippen MR) is 109 cm³/mol. The van der Waals surface area contributed by atoms with E-state index in [2.05, 4.69) is 5.32 Å². The largest absolute Gasteiger partial charge is 0.502 e. The first kappa shape index (κ1) is 23.2. The Morgan fingerprint density at radius 3 is 2.38 bits per heavy atom. The average molecular weight is 452 g/mol. The molecule has 0 aliphatic carbocycles. The van der Waals surface area contributed by atoms with Gasteiger partial charge in [-0.2, -0.15) is 0 Å². The van der Waals surface area contributed by atoms with E-state index in [1.54, 1.807) is 18.9 Å². The molecule has 0 saturated carbocycles. The van der Waals surface area contributed by atoms with E-state index in [0.29, 0.717) is 25.1 Å². The quantitative estimate of drug-likeness (QED) is 0.700. The van der Waals surface area contributed by atoms with Gasteiger partial charge in [-0.25, -0.2) is 13.2 Å². The second-order valence-electron chi connectivity index (χ2n) is 7.68. The van der Waals surface area contributed by atoms with Crippen molar-refractivity contribution in [1.29, 1.82) is 0 Å². The molecule has 2 heterocycles. The van der Waals surface area contributed by atoms with Crippen LogP contribution in [-0.4, -0.2) is 45.8 Å². The van der Waals surface area contributed by atoms with Crippen molar-refractivity contribution in [2.75, 3.05) is 18.2 Å². The number of nitrogens with zero attached hydrogens (tertiary/aromatic N) is 3. The lowest BCUT2D eigenvalue weighted by Crippen LogP contribution is -2.56. The van der Waals surface area contributed by atoms with Gasteiger partial charge in [0.25, 0.3) is 11.8 Å². The number of halogens is 3. The molecule has 0 bridgehead atoms. The molecule has 0 atom stereocenters. The lowest BCUT2D eigenvalue weighted by atomic mass is 10.1. The summed E-state index contributed by atoms with van der Waals surface area (Å²) in [6.45, 7) is 5.46. The zero-order chi connectivity index (χ0) is 23.7. The number of benzene rings is 1. The fraction of sp³-hybridized carbons (Fsp3) is 0.381. The number of pyridine rings is 1. The van der Waals surface area contributed by atoms with Crippen LogP contribution in [0.3, 0.4) is 0 Å². The first-order valence-electron chi connectivity index (χ1n) is 10.0. The summed E-state index contributed by atoms with van der Waals surface area (Å²) >= 11 is 0. The summed E-state index contributed by atoms with van der Waals surface area (Å²) in [5.41, 5.74) is -2.46. The highest BCUT2D eigenvalue weighted by Gasteiger charge is 2.35. The van der Waals surface area contributed by atoms with Gasteiger partial charge < -0.3 is 15.3 Å². The number of amides is 2. The van der Waals surface area contributed by atoms with Crippen molar-refractivity contribution in [2.45, 2.75) is 39.8 Å². The first-order valence-corrected chi connectivity index (χ1v) is 10.0. The van der Waals surface area contributed by atoms with Gasteiger partial charge in [0.15, 0.2) is 11.4 Å². The van der Waals surface area contributed by atoms with Crippen molar-refractivity contribution in [1.82, 2.24) is 14.9 Å². The molecule has 0 spiro atoms. The molecule has 2 N–H and O–H groups in total. The van der Waals surface area contributed by atoms with E-state index in [0.717, 1.165) is 6.20 Å². The van der Waals surface area contributed by atoms with Crippen LogP contribution < -0.4 is 15.8 Å². The van der Waals surface area contributed by atoms with Gasteiger partial charge in [-0.3, -0.25) is 24.1 Å². The standard InChI is InChI=1S/C21H23F3N4O4/c1-4-5-26-10-27(11(2)3)21(32)17-19(30)18(29)14(9-28(17)26)20(31)25-8-13-15(23)6-12(22)7-16(13)24/h6-7,9,11,30H,4-5,8,10H2,1-3H3,(H,25,31). The fourth-order valence-corrected chi connectivity index (χ4v) is 3.46. The van der Waals surface area contributed by atoms with Gasteiger partial charge in [0, 0.05) is 43.0 Å². The fourth-order valence-electron chi connectivity index (χ4n) is 3.46. The van der Waals surface area contributed by atoms with Gasteiger partial charge in [0.2, 0.25) is 5.43 Å². The summed E-state index contributed by atoms with van der Waals surface area (Å²) < 4.78 is 42.0. The zero-order valence-electron chi connectivity index (χ0n) is 17.8. The number of rotatable bonds is 6. The summed E-state index contributed by atoms with van der Waals surface area (Å²) in [4.78, 5) is 39.6. The number of nitrogens with one attached hydrogen (secondary N) is 1. The molecular formula is C21H23F3N4O4. The third-order valence-electron chi connectivity index (χ3n) is 5.13. The Kier molecular flexibility index (Phi) is 6.47. The molecule has 2 amide bonds. The Morgan fingerprint density at radius 2 is 1.81 bits per heavy atom. The highest BCUT2D eigenvalue weighted by molar-refractivity contribution is 5.99. The Morgan fingerprint density at radius 1 is 1.19 bits per heavy atom. The molecule has 0 radical (unpaired) electrons. The molecule has 1 aromatic heterocycles. The van der Waals surface area contributed by atoms with Crippen LogP contribution in [0.4, 0.5) is 13.2 Å². The van der Waals surface area contributed by atoms with Crippen LogP contribution >= 0.6 is 0 Å². The third kappa shape index (κ3) is 4.14. The van der Waals surface area contributed by atoms with E-state index in [-0.39, 0.29) is 18.4 Å². The smallest absolute Gasteiger partial charge is 0.278 e. The summed E-state index contributed by atoms with van der Waals surface area (Å²) in [5.74, 6) is -5.97. The molecule has 0 fully saturated rings. The van der Waals surface area contributed by atoms with Gasteiger partial charge >= 0.3 is 0 Å². The number of aromatic nitrogens is 1. The normalized spacial score (nSPS) is 13.5. The topological polar surface area (TPSA) is 94.9 Å². The van der Waals surface area contributed by atoms with Crippen molar-refractivity contribution in [2.24, 2.45) is 0 Å². The first-order chi connectivity index (χ1) is 15.1.